The van der Waals surface area contributed by atoms with Crippen LogP contribution < -0.4 is 0 Å². The number of carbonyl (C=O) groups is 1. The summed E-state index contributed by atoms with van der Waals surface area (Å²) in [4.78, 5) is 13.6. The van der Waals surface area contributed by atoms with Crippen molar-refractivity contribution in [2.45, 2.75) is 43.9 Å². The van der Waals surface area contributed by atoms with Crippen LogP contribution in [0.3, 0.4) is 0 Å². The lowest BCUT2D eigenvalue weighted by atomic mass is 9.99. The van der Waals surface area contributed by atoms with Gasteiger partial charge in [-0.2, -0.15) is 12.6 Å². The summed E-state index contributed by atoms with van der Waals surface area (Å²) in [6.45, 7) is 2.79. The molecule has 1 heterocycles. The van der Waals surface area contributed by atoms with Crippen molar-refractivity contribution in [2.75, 3.05) is 13.2 Å². The van der Waals surface area contributed by atoms with Crippen molar-refractivity contribution in [3.8, 4) is 0 Å². The van der Waals surface area contributed by atoms with E-state index in [-0.39, 0.29) is 23.8 Å². The van der Waals surface area contributed by atoms with E-state index in [1.165, 1.54) is 0 Å². The van der Waals surface area contributed by atoms with Crippen LogP contribution in [-0.2, 0) is 4.79 Å². The van der Waals surface area contributed by atoms with Crippen molar-refractivity contribution in [2.24, 2.45) is 0 Å². The Hall–Kier alpha value is -0.220. The van der Waals surface area contributed by atoms with Crippen LogP contribution in [0.1, 0.15) is 32.6 Å². The molecule has 2 unspecified atom stereocenters. The Balaban J connectivity index is 2.57. The van der Waals surface area contributed by atoms with Gasteiger partial charge < -0.3 is 10.0 Å². The third kappa shape index (κ3) is 2.89. The van der Waals surface area contributed by atoms with Gasteiger partial charge in [0.15, 0.2) is 0 Å². The summed E-state index contributed by atoms with van der Waals surface area (Å²) < 4.78 is 0. The first-order chi connectivity index (χ1) is 6.66. The third-order valence-corrected chi connectivity index (χ3v) is 2.95. The zero-order chi connectivity index (χ0) is 10.6. The Labute approximate surface area is 90.9 Å². The molecule has 1 aliphatic heterocycles. The number of thiol groups is 1. The molecule has 14 heavy (non-hydrogen) atoms. The second-order valence-corrected chi connectivity index (χ2v) is 4.64. The molecule has 3 nitrogen and oxygen atoms in total. The molecule has 0 aromatic carbocycles. The van der Waals surface area contributed by atoms with E-state index >= 15 is 0 Å². The molecular formula is C10H19NO2S. The summed E-state index contributed by atoms with van der Waals surface area (Å²) in [6.07, 6.45) is 3.96. The highest BCUT2D eigenvalue weighted by molar-refractivity contribution is 7.81. The zero-order valence-corrected chi connectivity index (χ0v) is 9.54. The second kappa shape index (κ2) is 5.61. The van der Waals surface area contributed by atoms with E-state index in [2.05, 4.69) is 12.6 Å². The molecule has 0 aliphatic carbocycles. The highest BCUT2D eigenvalue weighted by Crippen LogP contribution is 2.21. The number of amides is 1. The molecule has 1 saturated heterocycles. The van der Waals surface area contributed by atoms with E-state index in [0.717, 1.165) is 25.8 Å². The summed E-state index contributed by atoms with van der Waals surface area (Å²) in [5.74, 6) is 0.103. The normalized spacial score (nSPS) is 24.8. The smallest absolute Gasteiger partial charge is 0.235 e. The maximum atomic E-state index is 11.8. The van der Waals surface area contributed by atoms with Gasteiger partial charge in [0.05, 0.1) is 5.25 Å². The fourth-order valence-corrected chi connectivity index (χ4v) is 2.13. The molecule has 0 saturated carbocycles. The predicted molar refractivity (Wildman–Crippen MR) is 59.5 cm³/mol. The number of hydrogen-bond donors (Lipinski definition) is 2. The number of aliphatic hydroxyl groups excluding tert-OH is 1. The number of aliphatic hydroxyl groups is 1. The molecule has 0 bridgehead atoms. The van der Waals surface area contributed by atoms with E-state index in [4.69, 9.17) is 5.11 Å². The number of piperidine rings is 1. The lowest BCUT2D eigenvalue weighted by Crippen LogP contribution is -2.46. The highest BCUT2D eigenvalue weighted by Gasteiger charge is 2.27. The van der Waals surface area contributed by atoms with E-state index in [9.17, 15) is 4.79 Å². The Morgan fingerprint density at radius 2 is 2.36 bits per heavy atom. The minimum atomic E-state index is -0.228. The van der Waals surface area contributed by atoms with Gasteiger partial charge >= 0.3 is 0 Å². The molecule has 1 rings (SSSR count). The lowest BCUT2D eigenvalue weighted by Gasteiger charge is -2.36. The van der Waals surface area contributed by atoms with E-state index in [1.807, 2.05) is 4.90 Å². The van der Waals surface area contributed by atoms with Crippen LogP contribution in [0.5, 0.6) is 0 Å². The van der Waals surface area contributed by atoms with Gasteiger partial charge in [-0.05, 0) is 32.6 Å². The molecule has 1 aliphatic rings. The summed E-state index contributed by atoms with van der Waals surface area (Å²) >= 11 is 4.16. The number of carbonyl (C=O) groups excluding carboxylic acids is 1. The molecule has 1 N–H and O–H groups in total. The van der Waals surface area contributed by atoms with Gasteiger partial charge in [0.25, 0.3) is 0 Å². The first-order valence-electron chi connectivity index (χ1n) is 5.26. The van der Waals surface area contributed by atoms with Gasteiger partial charge in [-0.1, -0.05) is 0 Å². The molecule has 0 aromatic heterocycles. The van der Waals surface area contributed by atoms with Crippen molar-refractivity contribution in [1.29, 1.82) is 0 Å². The third-order valence-electron chi connectivity index (χ3n) is 2.73. The summed E-state index contributed by atoms with van der Waals surface area (Å²) in [5, 5.41) is 8.67. The van der Waals surface area contributed by atoms with Crippen LogP contribution in [0.25, 0.3) is 0 Å². The van der Waals surface area contributed by atoms with Gasteiger partial charge in [-0.15, -0.1) is 0 Å². The Bertz CT molecular complexity index is 195. The quantitative estimate of drug-likeness (QED) is 0.694. The largest absolute Gasteiger partial charge is 0.396 e. The van der Waals surface area contributed by atoms with Gasteiger partial charge in [-0.25, -0.2) is 0 Å². The fraction of sp³-hybridized carbons (Fsp3) is 0.900. The van der Waals surface area contributed by atoms with Gasteiger partial charge in [0.2, 0.25) is 5.91 Å². The maximum absolute atomic E-state index is 11.8. The molecule has 0 aromatic rings. The van der Waals surface area contributed by atoms with Crippen molar-refractivity contribution in [1.82, 2.24) is 4.90 Å². The number of rotatable bonds is 3. The van der Waals surface area contributed by atoms with Gasteiger partial charge in [-0.3, -0.25) is 4.79 Å². The minimum Gasteiger partial charge on any atom is -0.396 e. The Morgan fingerprint density at radius 3 is 2.93 bits per heavy atom. The monoisotopic (exact) mass is 217 g/mol. The number of nitrogens with zero attached hydrogens (tertiary/aromatic N) is 1. The molecule has 0 radical (unpaired) electrons. The van der Waals surface area contributed by atoms with Crippen LogP contribution in [0.4, 0.5) is 0 Å². The van der Waals surface area contributed by atoms with Crippen LogP contribution in [0.2, 0.25) is 0 Å². The lowest BCUT2D eigenvalue weighted by molar-refractivity contribution is -0.134. The van der Waals surface area contributed by atoms with Gasteiger partial charge in [0.1, 0.15) is 0 Å². The summed E-state index contributed by atoms with van der Waals surface area (Å²) in [6, 6.07) is 0.232. The van der Waals surface area contributed by atoms with Crippen molar-refractivity contribution in [3.05, 3.63) is 0 Å². The molecule has 1 amide bonds. The zero-order valence-electron chi connectivity index (χ0n) is 8.65. The van der Waals surface area contributed by atoms with Crippen molar-refractivity contribution in [3.63, 3.8) is 0 Å². The summed E-state index contributed by atoms with van der Waals surface area (Å²) in [5.41, 5.74) is 0. The van der Waals surface area contributed by atoms with E-state index in [0.29, 0.717) is 6.42 Å². The Morgan fingerprint density at radius 1 is 1.64 bits per heavy atom. The Kier molecular flexibility index (Phi) is 4.75. The molecule has 82 valence electrons. The van der Waals surface area contributed by atoms with E-state index in [1.54, 1.807) is 6.92 Å². The minimum absolute atomic E-state index is 0.103. The van der Waals surface area contributed by atoms with Crippen molar-refractivity contribution >= 4 is 18.5 Å². The second-order valence-electron chi connectivity index (χ2n) is 3.87. The molecule has 2 atom stereocenters. The van der Waals surface area contributed by atoms with E-state index < -0.39 is 0 Å². The predicted octanol–water partition coefficient (Wildman–Crippen LogP) is 1.07. The SMILES string of the molecule is CC(S)C(=O)N1CCCCC1CCO. The van der Waals surface area contributed by atoms with Crippen LogP contribution in [-0.4, -0.2) is 40.4 Å². The average Bonchev–Trinajstić information content (AvgIpc) is 2.18. The molecule has 1 fully saturated rings. The topological polar surface area (TPSA) is 40.5 Å². The highest BCUT2D eigenvalue weighted by atomic mass is 32.1. The first kappa shape index (κ1) is 11.9. The van der Waals surface area contributed by atoms with Crippen LogP contribution in [0.15, 0.2) is 0 Å². The van der Waals surface area contributed by atoms with Gasteiger partial charge in [0, 0.05) is 19.2 Å². The maximum Gasteiger partial charge on any atom is 0.235 e. The van der Waals surface area contributed by atoms with Crippen LogP contribution >= 0.6 is 12.6 Å². The first-order valence-corrected chi connectivity index (χ1v) is 5.78. The van der Waals surface area contributed by atoms with Crippen molar-refractivity contribution < 1.29 is 9.90 Å². The molecule has 4 heteroatoms. The number of likely N-dealkylation sites (tertiary alicyclic amines) is 1. The van der Waals surface area contributed by atoms with Crippen LogP contribution in [0, 0.1) is 0 Å². The standard InChI is InChI=1S/C10H19NO2S/c1-8(14)10(13)11-6-3-2-4-9(11)5-7-12/h8-9,12,14H,2-7H2,1H3. The molecular weight excluding hydrogens is 198 g/mol. The summed E-state index contributed by atoms with van der Waals surface area (Å²) in [7, 11) is 0. The molecule has 0 spiro atoms. The average molecular weight is 217 g/mol. The number of hydrogen-bond acceptors (Lipinski definition) is 3. The fourth-order valence-electron chi connectivity index (χ4n) is 1.98.